The average Bonchev–Trinajstić information content (AvgIpc) is 3.05. The molecular formula is C32H41N3O5. The standard InChI is InChI=1S/C32H41N3O5/c1-20-10-9-15-34(18-20)27(37)19-35-24-12-8-7-11-22(24)33-23-16-32(2,3)17-25(36)28(23)29(35)21-13-14-26(38-4)31(40-6)30(21)39-5/h7-8,11-14,20,29,33H,9-10,15-19H2,1-6H3. The van der Waals surface area contributed by atoms with Gasteiger partial charge >= 0.3 is 0 Å². The molecule has 1 saturated heterocycles. The van der Waals surface area contributed by atoms with Crippen LogP contribution in [0.25, 0.3) is 0 Å². The number of amides is 1. The lowest BCUT2D eigenvalue weighted by atomic mass is 9.73. The number of hydrogen-bond acceptors (Lipinski definition) is 7. The second kappa shape index (κ2) is 11.1. The third-order valence-corrected chi connectivity index (χ3v) is 8.35. The number of methoxy groups -OCH3 is 3. The Hall–Kier alpha value is -3.68. The van der Waals surface area contributed by atoms with E-state index in [4.69, 9.17) is 14.2 Å². The summed E-state index contributed by atoms with van der Waals surface area (Å²) in [7, 11) is 4.75. The number of anilines is 2. The van der Waals surface area contributed by atoms with Crippen molar-refractivity contribution in [2.24, 2.45) is 11.3 Å². The maximum Gasteiger partial charge on any atom is 0.242 e. The van der Waals surface area contributed by atoms with Crippen molar-refractivity contribution < 1.29 is 23.8 Å². The fourth-order valence-electron chi connectivity index (χ4n) is 6.55. The van der Waals surface area contributed by atoms with Gasteiger partial charge in [0.1, 0.15) is 0 Å². The number of para-hydroxylation sites is 2. The molecule has 2 atom stereocenters. The maximum absolute atomic E-state index is 14.1. The van der Waals surface area contributed by atoms with Crippen LogP contribution in [0.3, 0.4) is 0 Å². The summed E-state index contributed by atoms with van der Waals surface area (Å²) in [6.07, 6.45) is 3.26. The number of nitrogens with zero attached hydrogens (tertiary/aromatic N) is 2. The lowest BCUT2D eigenvalue weighted by molar-refractivity contribution is -0.131. The number of Topliss-reactive ketones (excluding diaryl/α,β-unsaturated/α-hetero) is 1. The highest BCUT2D eigenvalue weighted by atomic mass is 16.5. The summed E-state index contributed by atoms with van der Waals surface area (Å²) in [5.74, 6) is 2.06. The molecule has 1 fully saturated rings. The Labute approximate surface area is 237 Å². The second-order valence-electron chi connectivity index (χ2n) is 12.0. The van der Waals surface area contributed by atoms with Crippen LogP contribution in [0.5, 0.6) is 17.2 Å². The SMILES string of the molecule is COc1ccc(C2C3=C(CC(C)(C)CC3=O)Nc3ccccc3N2CC(=O)N2CCCC(C)C2)c(OC)c1OC. The molecule has 0 radical (unpaired) electrons. The lowest BCUT2D eigenvalue weighted by Gasteiger charge is -2.39. The summed E-state index contributed by atoms with van der Waals surface area (Å²) in [6, 6.07) is 11.2. The molecule has 2 aliphatic heterocycles. The first kappa shape index (κ1) is 27.9. The van der Waals surface area contributed by atoms with E-state index in [1.54, 1.807) is 21.3 Å². The Morgan fingerprint density at radius 3 is 2.48 bits per heavy atom. The van der Waals surface area contributed by atoms with Crippen molar-refractivity contribution >= 4 is 23.1 Å². The van der Waals surface area contributed by atoms with Gasteiger partial charge in [-0.2, -0.15) is 0 Å². The molecule has 0 saturated carbocycles. The van der Waals surface area contributed by atoms with Gasteiger partial charge in [-0.25, -0.2) is 0 Å². The zero-order chi connectivity index (χ0) is 28.6. The van der Waals surface area contributed by atoms with Gasteiger partial charge in [-0.1, -0.05) is 32.9 Å². The summed E-state index contributed by atoms with van der Waals surface area (Å²) in [5, 5.41) is 3.62. The number of ether oxygens (including phenoxy) is 3. The van der Waals surface area contributed by atoms with Crippen LogP contribution in [0.4, 0.5) is 11.4 Å². The quantitative estimate of drug-likeness (QED) is 0.505. The van der Waals surface area contributed by atoms with Gasteiger partial charge in [0, 0.05) is 36.3 Å². The van der Waals surface area contributed by atoms with Crippen LogP contribution in [0.15, 0.2) is 47.7 Å². The van der Waals surface area contributed by atoms with Gasteiger partial charge in [-0.3, -0.25) is 9.59 Å². The number of carbonyl (C=O) groups is 2. The Bertz CT molecular complexity index is 1330. The Kier molecular flexibility index (Phi) is 7.71. The van der Waals surface area contributed by atoms with E-state index in [-0.39, 0.29) is 23.7 Å². The minimum atomic E-state index is -0.573. The third kappa shape index (κ3) is 5.11. The number of hydrogen-bond donors (Lipinski definition) is 1. The van der Waals surface area contributed by atoms with Crippen LogP contribution >= 0.6 is 0 Å². The molecule has 2 heterocycles. The molecule has 1 N–H and O–H groups in total. The molecule has 8 heteroatoms. The molecule has 40 heavy (non-hydrogen) atoms. The van der Waals surface area contributed by atoms with Crippen molar-refractivity contribution in [2.45, 2.75) is 52.5 Å². The first-order valence-electron chi connectivity index (χ1n) is 14.1. The number of fused-ring (bicyclic) bond motifs is 1. The Morgan fingerprint density at radius 2 is 1.77 bits per heavy atom. The van der Waals surface area contributed by atoms with Gasteiger partial charge < -0.3 is 29.3 Å². The first-order chi connectivity index (χ1) is 19.2. The van der Waals surface area contributed by atoms with E-state index in [0.717, 1.165) is 48.6 Å². The number of ketones is 1. The Morgan fingerprint density at radius 1 is 1.02 bits per heavy atom. The van der Waals surface area contributed by atoms with Crippen molar-refractivity contribution in [3.63, 3.8) is 0 Å². The molecule has 5 rings (SSSR count). The highest BCUT2D eigenvalue weighted by Crippen LogP contribution is 2.52. The van der Waals surface area contributed by atoms with E-state index in [2.05, 4.69) is 31.0 Å². The molecule has 1 aliphatic carbocycles. The van der Waals surface area contributed by atoms with E-state index in [0.29, 0.717) is 41.6 Å². The van der Waals surface area contributed by atoms with Crippen LogP contribution in [0, 0.1) is 11.3 Å². The van der Waals surface area contributed by atoms with E-state index in [9.17, 15) is 9.59 Å². The molecule has 0 bridgehead atoms. The van der Waals surface area contributed by atoms with Crippen molar-refractivity contribution in [1.29, 1.82) is 0 Å². The molecule has 8 nitrogen and oxygen atoms in total. The van der Waals surface area contributed by atoms with Gasteiger partial charge in [0.2, 0.25) is 11.7 Å². The van der Waals surface area contributed by atoms with E-state index in [1.807, 2.05) is 41.3 Å². The highest BCUT2D eigenvalue weighted by molar-refractivity contribution is 6.02. The maximum atomic E-state index is 14.1. The van der Waals surface area contributed by atoms with Gasteiger partial charge in [0.15, 0.2) is 17.3 Å². The predicted octanol–water partition coefficient (Wildman–Crippen LogP) is 5.59. The van der Waals surface area contributed by atoms with Gasteiger partial charge in [-0.15, -0.1) is 0 Å². The summed E-state index contributed by atoms with van der Waals surface area (Å²) >= 11 is 0. The monoisotopic (exact) mass is 547 g/mol. The molecule has 2 aromatic carbocycles. The van der Waals surface area contributed by atoms with E-state index in [1.165, 1.54) is 0 Å². The van der Waals surface area contributed by atoms with Crippen molar-refractivity contribution in [1.82, 2.24) is 4.90 Å². The number of piperidine rings is 1. The van der Waals surface area contributed by atoms with Crippen molar-refractivity contribution in [3.8, 4) is 17.2 Å². The minimum absolute atomic E-state index is 0.0541. The van der Waals surface area contributed by atoms with Gasteiger partial charge in [-0.05, 0) is 54.9 Å². The largest absolute Gasteiger partial charge is 0.493 e. The van der Waals surface area contributed by atoms with Crippen LogP contribution in [-0.4, -0.2) is 57.6 Å². The zero-order valence-electron chi connectivity index (χ0n) is 24.5. The average molecular weight is 548 g/mol. The molecule has 0 spiro atoms. The molecule has 1 amide bonds. The highest BCUT2D eigenvalue weighted by Gasteiger charge is 2.43. The zero-order valence-corrected chi connectivity index (χ0v) is 24.5. The predicted molar refractivity (Wildman–Crippen MR) is 156 cm³/mol. The van der Waals surface area contributed by atoms with Crippen LogP contribution < -0.4 is 24.4 Å². The summed E-state index contributed by atoms with van der Waals surface area (Å²) in [5.41, 5.74) is 3.85. The van der Waals surface area contributed by atoms with E-state index < -0.39 is 6.04 Å². The van der Waals surface area contributed by atoms with Crippen molar-refractivity contribution in [3.05, 3.63) is 53.2 Å². The fraction of sp³-hybridized carbons (Fsp3) is 0.500. The molecule has 2 aromatic rings. The number of allylic oxidation sites excluding steroid dienone is 1. The summed E-state index contributed by atoms with van der Waals surface area (Å²) in [6.45, 7) is 8.07. The van der Waals surface area contributed by atoms with Crippen LogP contribution in [0.2, 0.25) is 0 Å². The fourth-order valence-corrected chi connectivity index (χ4v) is 6.55. The number of benzene rings is 2. The minimum Gasteiger partial charge on any atom is -0.493 e. The first-order valence-corrected chi connectivity index (χ1v) is 14.1. The van der Waals surface area contributed by atoms with Crippen molar-refractivity contribution in [2.75, 3.05) is 51.2 Å². The second-order valence-corrected chi connectivity index (χ2v) is 12.0. The molecule has 214 valence electrons. The Balaban J connectivity index is 1.73. The topological polar surface area (TPSA) is 80.3 Å². The molecule has 2 unspecified atom stereocenters. The smallest absolute Gasteiger partial charge is 0.242 e. The third-order valence-electron chi connectivity index (χ3n) is 8.35. The molecule has 3 aliphatic rings. The lowest BCUT2D eigenvalue weighted by Crippen LogP contribution is -2.46. The number of carbonyl (C=O) groups excluding carboxylic acids is 2. The normalized spacial score (nSPS) is 22.1. The van der Waals surface area contributed by atoms with Gasteiger partial charge in [0.05, 0.1) is 45.3 Å². The van der Waals surface area contributed by atoms with Gasteiger partial charge in [0.25, 0.3) is 0 Å². The number of rotatable bonds is 6. The van der Waals surface area contributed by atoms with Crippen LogP contribution in [-0.2, 0) is 9.59 Å². The van der Waals surface area contributed by atoms with E-state index >= 15 is 0 Å². The number of nitrogens with one attached hydrogen (secondary N) is 1. The summed E-state index contributed by atoms with van der Waals surface area (Å²) < 4.78 is 17.3. The summed E-state index contributed by atoms with van der Waals surface area (Å²) in [4.78, 5) is 32.0. The molecular weight excluding hydrogens is 506 g/mol. The molecule has 0 aromatic heterocycles. The van der Waals surface area contributed by atoms with Crippen LogP contribution in [0.1, 0.15) is 58.1 Å². The number of likely N-dealkylation sites (tertiary alicyclic amines) is 1.